The molecule has 1 fully saturated rings. The number of hydrogen-bond acceptors (Lipinski definition) is 5. The third-order valence-corrected chi connectivity index (χ3v) is 2.83. The van der Waals surface area contributed by atoms with Crippen molar-refractivity contribution < 1.29 is 36.6 Å². The van der Waals surface area contributed by atoms with Crippen LogP contribution in [0.25, 0.3) is 0 Å². The fourth-order valence-electron chi connectivity index (χ4n) is 1.81. The zero-order valence-corrected chi connectivity index (χ0v) is 12.0. The van der Waals surface area contributed by atoms with Gasteiger partial charge in [0.25, 0.3) is 12.2 Å². The molecular weight excluding hydrogens is 322 g/mol. The predicted molar refractivity (Wildman–Crippen MR) is 69.3 cm³/mol. The number of ether oxygens (including phenoxy) is 2. The third-order valence-electron chi connectivity index (χ3n) is 2.83. The summed E-state index contributed by atoms with van der Waals surface area (Å²) in [6, 6.07) is 1.48. The minimum absolute atomic E-state index is 0.542. The molecule has 0 spiro atoms. The van der Waals surface area contributed by atoms with E-state index in [1.807, 2.05) is 0 Å². The van der Waals surface area contributed by atoms with Gasteiger partial charge in [0.05, 0.1) is 11.3 Å². The van der Waals surface area contributed by atoms with Crippen LogP contribution >= 0.6 is 0 Å². The van der Waals surface area contributed by atoms with Crippen LogP contribution in [0.1, 0.15) is 25.8 Å². The van der Waals surface area contributed by atoms with Crippen LogP contribution in [0, 0.1) is 11.6 Å². The van der Waals surface area contributed by atoms with Crippen molar-refractivity contribution in [3.8, 4) is 0 Å². The molecule has 2 rings (SSSR count). The number of alkyl halides is 2. The number of hydrogen-bond donors (Lipinski definition) is 1. The van der Waals surface area contributed by atoms with Gasteiger partial charge in [-0.25, -0.2) is 27.2 Å². The Morgan fingerprint density at radius 1 is 1.13 bits per heavy atom. The highest BCUT2D eigenvalue weighted by molar-refractivity contribution is 6.15. The lowest BCUT2D eigenvalue weighted by atomic mass is 10.1. The second-order valence-corrected chi connectivity index (χ2v) is 5.00. The van der Waals surface area contributed by atoms with E-state index in [0.29, 0.717) is 6.07 Å². The van der Waals surface area contributed by atoms with Crippen LogP contribution in [-0.2, 0) is 19.1 Å². The largest absolute Gasteiger partial charge is 0.419 e. The Kier molecular flexibility index (Phi) is 4.31. The maximum atomic E-state index is 13.8. The maximum absolute atomic E-state index is 13.8. The smallest absolute Gasteiger partial charge is 0.350 e. The van der Waals surface area contributed by atoms with E-state index in [1.165, 1.54) is 13.8 Å². The second kappa shape index (κ2) is 5.90. The molecule has 0 amide bonds. The monoisotopic (exact) mass is 333 g/mol. The zero-order chi connectivity index (χ0) is 17.4. The molecule has 0 saturated carbocycles. The van der Waals surface area contributed by atoms with Crippen LogP contribution in [-0.4, -0.2) is 17.7 Å². The molecule has 1 aliphatic rings. The highest BCUT2D eigenvalue weighted by Crippen LogP contribution is 2.30. The van der Waals surface area contributed by atoms with Gasteiger partial charge < -0.3 is 14.8 Å². The van der Waals surface area contributed by atoms with Gasteiger partial charge in [0, 0.05) is 20.0 Å². The molecule has 0 bridgehead atoms. The highest BCUT2D eigenvalue weighted by atomic mass is 19.3. The van der Waals surface area contributed by atoms with E-state index < -0.39 is 52.6 Å². The molecule has 0 aliphatic carbocycles. The van der Waals surface area contributed by atoms with Crippen molar-refractivity contribution in [1.29, 1.82) is 0 Å². The molecule has 23 heavy (non-hydrogen) atoms. The summed E-state index contributed by atoms with van der Waals surface area (Å²) in [5.41, 5.74) is -2.55. The van der Waals surface area contributed by atoms with E-state index in [9.17, 15) is 27.2 Å². The lowest BCUT2D eigenvalue weighted by molar-refractivity contribution is -0.222. The second-order valence-electron chi connectivity index (χ2n) is 5.00. The molecule has 0 radical (unpaired) electrons. The molecule has 1 N–H and O–H groups in total. The number of benzene rings is 1. The minimum atomic E-state index is -3.37. The Balaban J connectivity index is 2.29. The molecule has 0 aromatic heterocycles. The summed E-state index contributed by atoms with van der Waals surface area (Å²) in [5.74, 6) is -6.45. The molecule has 0 atom stereocenters. The molecule has 1 aliphatic heterocycles. The van der Waals surface area contributed by atoms with Gasteiger partial charge in [0.2, 0.25) is 0 Å². The Labute approximate surface area is 127 Å². The summed E-state index contributed by atoms with van der Waals surface area (Å²) in [6.45, 7) is 2.67. The number of esters is 2. The number of carbonyl (C=O) groups is 2. The number of halogens is 4. The topological polar surface area (TPSA) is 64.6 Å². The SMILES string of the molecule is CC1(C)OC(=O)C(=CNc2ccc(F)c(C(F)F)c2F)C(=O)O1. The molecule has 1 heterocycles. The van der Waals surface area contributed by atoms with Gasteiger partial charge in [-0.3, -0.25) is 0 Å². The van der Waals surface area contributed by atoms with E-state index in [1.54, 1.807) is 0 Å². The van der Waals surface area contributed by atoms with Crippen LogP contribution in [0.3, 0.4) is 0 Å². The van der Waals surface area contributed by atoms with Crippen molar-refractivity contribution >= 4 is 17.6 Å². The summed E-state index contributed by atoms with van der Waals surface area (Å²) < 4.78 is 61.8. The van der Waals surface area contributed by atoms with E-state index >= 15 is 0 Å². The van der Waals surface area contributed by atoms with Gasteiger partial charge in [0.1, 0.15) is 5.82 Å². The lowest BCUT2D eigenvalue weighted by Crippen LogP contribution is -2.42. The number of cyclic esters (lactones) is 2. The average Bonchev–Trinajstić information content (AvgIpc) is 2.38. The summed E-state index contributed by atoms with van der Waals surface area (Å²) in [5, 5.41) is 2.15. The summed E-state index contributed by atoms with van der Waals surface area (Å²) in [6.07, 6.45) is -2.62. The van der Waals surface area contributed by atoms with Crippen LogP contribution in [0.15, 0.2) is 23.9 Å². The summed E-state index contributed by atoms with van der Waals surface area (Å²) in [7, 11) is 0. The van der Waals surface area contributed by atoms with Gasteiger partial charge in [-0.05, 0) is 12.1 Å². The average molecular weight is 333 g/mol. The first-order chi connectivity index (χ1) is 10.6. The minimum Gasteiger partial charge on any atom is -0.419 e. The van der Waals surface area contributed by atoms with Crippen LogP contribution in [0.5, 0.6) is 0 Å². The Bertz CT molecular complexity index is 678. The van der Waals surface area contributed by atoms with Gasteiger partial charge in [-0.1, -0.05) is 0 Å². The highest BCUT2D eigenvalue weighted by Gasteiger charge is 2.39. The maximum Gasteiger partial charge on any atom is 0.350 e. The molecule has 1 saturated heterocycles. The standard InChI is InChI=1S/C14H11F4NO4/c1-14(2)22-12(20)6(13(21)23-14)5-19-8-4-3-7(15)9(10(8)16)11(17)18/h3-5,11,19H,1-2H3. The number of carbonyl (C=O) groups excluding carboxylic acids is 2. The molecule has 124 valence electrons. The summed E-state index contributed by atoms with van der Waals surface area (Å²) >= 11 is 0. The molecule has 0 unspecified atom stereocenters. The number of anilines is 1. The van der Waals surface area contributed by atoms with Gasteiger partial charge in [-0.15, -0.1) is 0 Å². The van der Waals surface area contributed by atoms with Crippen LogP contribution < -0.4 is 5.32 Å². The fourth-order valence-corrected chi connectivity index (χ4v) is 1.81. The van der Waals surface area contributed by atoms with Crippen molar-refractivity contribution in [2.75, 3.05) is 5.32 Å². The summed E-state index contributed by atoms with van der Waals surface area (Å²) in [4.78, 5) is 23.3. The molecular formula is C14H11F4NO4. The van der Waals surface area contributed by atoms with Crippen molar-refractivity contribution in [2.45, 2.75) is 26.1 Å². The quantitative estimate of drug-likeness (QED) is 0.399. The Morgan fingerprint density at radius 2 is 1.70 bits per heavy atom. The normalized spacial score (nSPS) is 16.9. The fraction of sp³-hybridized carbons (Fsp3) is 0.286. The van der Waals surface area contributed by atoms with Gasteiger partial charge in [-0.2, -0.15) is 0 Å². The van der Waals surface area contributed by atoms with Crippen LogP contribution in [0.4, 0.5) is 23.2 Å². The van der Waals surface area contributed by atoms with E-state index in [0.717, 1.165) is 12.3 Å². The van der Waals surface area contributed by atoms with Gasteiger partial charge in [0.15, 0.2) is 11.4 Å². The molecule has 9 heteroatoms. The van der Waals surface area contributed by atoms with Crippen molar-refractivity contribution in [1.82, 2.24) is 0 Å². The number of nitrogens with one attached hydrogen (secondary N) is 1. The molecule has 1 aromatic carbocycles. The van der Waals surface area contributed by atoms with E-state index in [-0.39, 0.29) is 0 Å². The third kappa shape index (κ3) is 3.43. The first-order valence-electron chi connectivity index (χ1n) is 6.32. The Morgan fingerprint density at radius 3 is 2.22 bits per heavy atom. The lowest BCUT2D eigenvalue weighted by Gasteiger charge is -2.29. The number of rotatable bonds is 3. The molecule has 1 aromatic rings. The molecule has 5 nitrogen and oxygen atoms in total. The van der Waals surface area contributed by atoms with Crippen molar-refractivity contribution in [3.63, 3.8) is 0 Å². The zero-order valence-electron chi connectivity index (χ0n) is 12.0. The van der Waals surface area contributed by atoms with Crippen molar-refractivity contribution in [2.24, 2.45) is 0 Å². The van der Waals surface area contributed by atoms with Crippen LogP contribution in [0.2, 0.25) is 0 Å². The first-order valence-corrected chi connectivity index (χ1v) is 6.32. The Hall–Kier alpha value is -2.58. The first kappa shape index (κ1) is 16.8. The van der Waals surface area contributed by atoms with Gasteiger partial charge >= 0.3 is 11.9 Å². The van der Waals surface area contributed by atoms with E-state index in [2.05, 4.69) is 5.32 Å². The van der Waals surface area contributed by atoms with E-state index in [4.69, 9.17) is 9.47 Å². The predicted octanol–water partition coefficient (Wildman–Crippen LogP) is 3.03. The van der Waals surface area contributed by atoms with Crippen molar-refractivity contribution in [3.05, 3.63) is 41.1 Å².